The van der Waals surface area contributed by atoms with Gasteiger partial charge in [0.05, 0.1) is 12.6 Å². The maximum absolute atomic E-state index is 14.8. The number of nitrogens with zero attached hydrogens (tertiary/aromatic N) is 1. The number of aliphatic hydroxyl groups excluding tert-OH is 1. The summed E-state index contributed by atoms with van der Waals surface area (Å²) < 4.78 is 14.8. The van der Waals surface area contributed by atoms with Crippen LogP contribution in [0, 0.1) is 0 Å². The van der Waals surface area contributed by atoms with Crippen LogP contribution >= 0.6 is 0 Å². The fraction of sp³-hybridized carbons (Fsp3) is 0.360. The van der Waals surface area contributed by atoms with E-state index in [9.17, 15) is 9.50 Å². The first kappa shape index (κ1) is 19.3. The summed E-state index contributed by atoms with van der Waals surface area (Å²) in [7, 11) is 0. The Bertz CT molecular complexity index is 1220. The Morgan fingerprint density at radius 2 is 1.90 bits per heavy atom. The number of aliphatic hydroxyl groups is 1. The maximum atomic E-state index is 14.8. The molecule has 3 N–H and O–H groups in total. The highest BCUT2D eigenvalue weighted by molar-refractivity contribution is 5.86. The lowest BCUT2D eigenvalue weighted by Crippen LogP contribution is -2.47. The molecule has 30 heavy (non-hydrogen) atoms. The third-order valence-electron chi connectivity index (χ3n) is 6.26. The van der Waals surface area contributed by atoms with E-state index in [4.69, 9.17) is 0 Å². The number of hydrogen-bond acceptors (Lipinski definition) is 2. The van der Waals surface area contributed by atoms with Gasteiger partial charge in [-0.15, -0.1) is 0 Å². The van der Waals surface area contributed by atoms with E-state index in [1.54, 1.807) is 13.8 Å². The number of hydrogen-bond donors (Lipinski definition) is 3. The van der Waals surface area contributed by atoms with Gasteiger partial charge in [-0.05, 0) is 62.6 Å². The van der Waals surface area contributed by atoms with E-state index >= 15 is 0 Å². The third kappa shape index (κ3) is 3.22. The molecule has 5 rings (SSSR count). The van der Waals surface area contributed by atoms with Crippen molar-refractivity contribution < 1.29 is 9.50 Å². The van der Waals surface area contributed by atoms with Crippen LogP contribution in [-0.2, 0) is 13.0 Å². The van der Waals surface area contributed by atoms with Crippen molar-refractivity contribution in [3.8, 4) is 0 Å². The van der Waals surface area contributed by atoms with Crippen LogP contribution in [0.1, 0.15) is 49.3 Å². The minimum Gasteiger partial charge on any atom is -0.390 e. The van der Waals surface area contributed by atoms with Crippen molar-refractivity contribution in [2.24, 2.45) is 0 Å². The Labute approximate surface area is 175 Å². The summed E-state index contributed by atoms with van der Waals surface area (Å²) in [6.45, 7) is 5.85. The van der Waals surface area contributed by atoms with Crippen LogP contribution in [0.25, 0.3) is 21.8 Å². The van der Waals surface area contributed by atoms with E-state index in [2.05, 4.69) is 58.2 Å². The molecule has 2 atom stereocenters. The zero-order valence-electron chi connectivity index (χ0n) is 17.7. The van der Waals surface area contributed by atoms with Crippen molar-refractivity contribution >= 4 is 21.8 Å². The Morgan fingerprint density at radius 1 is 1.10 bits per heavy atom. The van der Waals surface area contributed by atoms with Crippen molar-refractivity contribution in [2.75, 3.05) is 6.54 Å². The van der Waals surface area contributed by atoms with Gasteiger partial charge in [-0.25, -0.2) is 4.39 Å². The van der Waals surface area contributed by atoms with E-state index in [0.717, 1.165) is 39.8 Å². The molecule has 2 aromatic heterocycles. The summed E-state index contributed by atoms with van der Waals surface area (Å²) >= 11 is 0. The molecule has 4 aromatic rings. The molecule has 0 radical (unpaired) electrons. The molecule has 1 unspecified atom stereocenters. The molecule has 0 spiro atoms. The fourth-order valence-electron chi connectivity index (χ4n) is 5.01. The first-order valence-corrected chi connectivity index (χ1v) is 10.6. The summed E-state index contributed by atoms with van der Waals surface area (Å²) in [5.41, 5.74) is 5.27. The average molecular weight is 406 g/mol. The number of aromatic nitrogens is 2. The molecule has 0 amide bonds. The monoisotopic (exact) mass is 405 g/mol. The molecule has 0 fully saturated rings. The number of aromatic amines is 2. The minimum absolute atomic E-state index is 0.0151. The predicted molar refractivity (Wildman–Crippen MR) is 119 cm³/mol. The van der Waals surface area contributed by atoms with E-state index in [0.29, 0.717) is 6.54 Å². The Kier molecular flexibility index (Phi) is 4.49. The Morgan fingerprint density at radius 3 is 2.67 bits per heavy atom. The number of para-hydroxylation sites is 1. The number of benzene rings is 2. The van der Waals surface area contributed by atoms with Crippen LogP contribution in [0.2, 0.25) is 0 Å². The second-order valence-corrected chi connectivity index (χ2v) is 9.21. The molecule has 3 heterocycles. The van der Waals surface area contributed by atoms with Crippen molar-refractivity contribution in [3.05, 3.63) is 71.0 Å². The average Bonchev–Trinajstić information content (AvgIpc) is 3.28. The fourth-order valence-corrected chi connectivity index (χ4v) is 5.01. The van der Waals surface area contributed by atoms with Crippen LogP contribution < -0.4 is 0 Å². The summed E-state index contributed by atoms with van der Waals surface area (Å²) in [4.78, 5) is 9.19. The van der Waals surface area contributed by atoms with E-state index < -0.39 is 5.67 Å². The molecular weight excluding hydrogens is 377 g/mol. The molecule has 156 valence electrons. The molecule has 0 saturated carbocycles. The van der Waals surface area contributed by atoms with Gasteiger partial charge in [0.25, 0.3) is 0 Å². The number of alkyl halides is 1. The normalized spacial score (nSPS) is 20.2. The van der Waals surface area contributed by atoms with Crippen LogP contribution in [0.5, 0.6) is 0 Å². The first-order chi connectivity index (χ1) is 14.3. The van der Waals surface area contributed by atoms with Gasteiger partial charge in [0.15, 0.2) is 0 Å². The number of nitrogens with one attached hydrogen (secondary N) is 2. The standard InChI is InChI=1S/C25H28FN3O/c1-15-10-20-19-6-4-5-7-22(19)28-23(20)24(29(15)14-25(2,3)26)16-8-9-21-17(11-16)12-18(13-30)27-21/h4-9,11-12,15,24,27-28,30H,10,13-14H2,1-3H3/t15-,24?/m1/s1. The maximum Gasteiger partial charge on any atom is 0.118 e. The smallest absolute Gasteiger partial charge is 0.118 e. The first-order valence-electron chi connectivity index (χ1n) is 10.6. The van der Waals surface area contributed by atoms with Crippen LogP contribution in [0.4, 0.5) is 4.39 Å². The van der Waals surface area contributed by atoms with Gasteiger partial charge in [0.2, 0.25) is 0 Å². The lowest BCUT2D eigenvalue weighted by atomic mass is 9.87. The largest absolute Gasteiger partial charge is 0.390 e. The lowest BCUT2D eigenvalue weighted by molar-refractivity contribution is 0.0668. The zero-order valence-corrected chi connectivity index (χ0v) is 17.7. The van der Waals surface area contributed by atoms with Crippen molar-refractivity contribution in [1.82, 2.24) is 14.9 Å². The highest BCUT2D eigenvalue weighted by atomic mass is 19.1. The summed E-state index contributed by atoms with van der Waals surface area (Å²) in [6, 6.07) is 16.9. The molecule has 0 aliphatic carbocycles. The van der Waals surface area contributed by atoms with E-state index in [1.807, 2.05) is 12.1 Å². The molecule has 2 aromatic carbocycles. The van der Waals surface area contributed by atoms with Crippen LogP contribution in [0.15, 0.2) is 48.5 Å². The second-order valence-electron chi connectivity index (χ2n) is 9.21. The van der Waals surface area contributed by atoms with Crippen LogP contribution in [-0.4, -0.2) is 38.2 Å². The van der Waals surface area contributed by atoms with E-state index in [-0.39, 0.29) is 18.7 Å². The Hall–Kier alpha value is -2.63. The quantitative estimate of drug-likeness (QED) is 0.436. The van der Waals surface area contributed by atoms with Gasteiger partial charge in [0.1, 0.15) is 5.67 Å². The highest BCUT2D eigenvalue weighted by Crippen LogP contribution is 2.42. The lowest BCUT2D eigenvalue weighted by Gasteiger charge is -2.43. The minimum atomic E-state index is -1.29. The SMILES string of the molecule is C[C@@H]1Cc2c([nH]c3ccccc23)C(c2ccc3[nH]c(CO)cc3c2)N1CC(C)(C)F. The number of rotatable bonds is 4. The number of fused-ring (bicyclic) bond motifs is 4. The van der Waals surface area contributed by atoms with Crippen molar-refractivity contribution in [2.45, 2.75) is 51.6 Å². The molecular formula is C25H28FN3O. The van der Waals surface area contributed by atoms with Gasteiger partial charge in [-0.2, -0.15) is 0 Å². The zero-order chi connectivity index (χ0) is 21.0. The van der Waals surface area contributed by atoms with Crippen LogP contribution in [0.3, 0.4) is 0 Å². The molecule has 4 nitrogen and oxygen atoms in total. The summed E-state index contributed by atoms with van der Waals surface area (Å²) in [6.07, 6.45) is 0.896. The molecule has 5 heteroatoms. The van der Waals surface area contributed by atoms with Crippen molar-refractivity contribution in [3.63, 3.8) is 0 Å². The predicted octanol–water partition coefficient (Wildman–Crippen LogP) is 5.23. The van der Waals surface area contributed by atoms with Gasteiger partial charge < -0.3 is 15.1 Å². The second kappa shape index (κ2) is 6.96. The third-order valence-corrected chi connectivity index (χ3v) is 6.26. The van der Waals surface area contributed by atoms with Gasteiger partial charge in [-0.3, -0.25) is 4.90 Å². The molecule has 1 aliphatic rings. The van der Waals surface area contributed by atoms with Gasteiger partial charge in [-0.1, -0.05) is 24.3 Å². The summed E-state index contributed by atoms with van der Waals surface area (Å²) in [5.74, 6) is 0. The molecule has 0 saturated heterocycles. The number of halogens is 1. The Balaban J connectivity index is 1.70. The van der Waals surface area contributed by atoms with Crippen molar-refractivity contribution in [1.29, 1.82) is 0 Å². The summed E-state index contributed by atoms with van der Waals surface area (Å²) in [5, 5.41) is 11.8. The molecule has 0 bridgehead atoms. The van der Waals surface area contributed by atoms with E-state index in [1.165, 1.54) is 10.9 Å². The highest BCUT2D eigenvalue weighted by Gasteiger charge is 2.38. The van der Waals surface area contributed by atoms with Gasteiger partial charge >= 0.3 is 0 Å². The van der Waals surface area contributed by atoms with Gasteiger partial charge in [0, 0.05) is 45.8 Å². The molecule has 1 aliphatic heterocycles. The topological polar surface area (TPSA) is 55.1 Å². The number of H-pyrrole nitrogens is 2.